The third-order valence-electron chi connectivity index (χ3n) is 5.46. The number of aliphatic hydroxyl groups excluding tert-OH is 1. The molecule has 206 valence electrons. The number of hydrogen-bond donors (Lipinski definition) is 2. The number of anilines is 2. The van der Waals surface area contributed by atoms with Gasteiger partial charge in [0.25, 0.3) is 0 Å². The SMILES string of the molecule is CC(O)CSc1nc2c(c(Nc3ccc(C(F)(F)F)cc3)n1)CCN(C)CC2.FC(F)(F)c1cccnc1. The molecule has 6 nitrogen and oxygen atoms in total. The van der Waals surface area contributed by atoms with E-state index >= 15 is 0 Å². The first kappa shape index (κ1) is 29.7. The van der Waals surface area contributed by atoms with Gasteiger partial charge in [-0.25, -0.2) is 9.97 Å². The molecule has 0 spiro atoms. The van der Waals surface area contributed by atoms with Gasteiger partial charge in [0.1, 0.15) is 5.82 Å². The monoisotopic (exact) mass is 559 g/mol. The molecule has 13 heteroatoms. The lowest BCUT2D eigenvalue weighted by Crippen LogP contribution is -2.20. The fourth-order valence-electron chi connectivity index (χ4n) is 3.46. The van der Waals surface area contributed by atoms with E-state index in [4.69, 9.17) is 0 Å². The van der Waals surface area contributed by atoms with E-state index < -0.39 is 29.6 Å². The minimum atomic E-state index is -4.36. The van der Waals surface area contributed by atoms with Crippen LogP contribution in [0.25, 0.3) is 0 Å². The van der Waals surface area contributed by atoms with Crippen molar-refractivity contribution in [1.82, 2.24) is 19.9 Å². The highest BCUT2D eigenvalue weighted by Gasteiger charge is 2.31. The lowest BCUT2D eigenvalue weighted by Gasteiger charge is -2.15. The van der Waals surface area contributed by atoms with E-state index in [-0.39, 0.29) is 0 Å². The number of fused-ring (bicyclic) bond motifs is 1. The number of nitrogens with one attached hydrogen (secondary N) is 1. The van der Waals surface area contributed by atoms with Crippen LogP contribution in [0.3, 0.4) is 0 Å². The number of halogens is 6. The first-order valence-electron chi connectivity index (χ1n) is 11.6. The minimum Gasteiger partial charge on any atom is -0.393 e. The summed E-state index contributed by atoms with van der Waals surface area (Å²) in [5, 5.41) is 13.3. The number of nitrogens with zero attached hydrogens (tertiary/aromatic N) is 4. The largest absolute Gasteiger partial charge is 0.417 e. The summed E-state index contributed by atoms with van der Waals surface area (Å²) in [6.07, 6.45) is -5.48. The van der Waals surface area contributed by atoms with E-state index in [1.165, 1.54) is 36.2 Å². The molecule has 38 heavy (non-hydrogen) atoms. The first-order chi connectivity index (χ1) is 17.8. The number of pyridine rings is 1. The molecule has 1 atom stereocenters. The molecule has 0 amide bonds. The molecule has 0 radical (unpaired) electrons. The average molecular weight is 560 g/mol. The van der Waals surface area contributed by atoms with E-state index in [1.807, 2.05) is 7.05 Å². The predicted molar refractivity (Wildman–Crippen MR) is 133 cm³/mol. The second-order valence-corrected chi connectivity index (χ2v) is 9.67. The quantitative estimate of drug-likeness (QED) is 0.231. The molecule has 3 heterocycles. The highest BCUT2D eigenvalue weighted by molar-refractivity contribution is 7.99. The number of hydrogen-bond acceptors (Lipinski definition) is 7. The van der Waals surface area contributed by atoms with Gasteiger partial charge in [-0.15, -0.1) is 0 Å². The summed E-state index contributed by atoms with van der Waals surface area (Å²) in [7, 11) is 2.05. The number of aliphatic hydroxyl groups is 1. The van der Waals surface area contributed by atoms with Gasteiger partial charge >= 0.3 is 12.4 Å². The van der Waals surface area contributed by atoms with Crippen LogP contribution in [0.15, 0.2) is 53.9 Å². The van der Waals surface area contributed by atoms with E-state index in [1.54, 1.807) is 6.92 Å². The third kappa shape index (κ3) is 8.84. The molecule has 1 unspecified atom stereocenters. The molecule has 1 aliphatic heterocycles. The summed E-state index contributed by atoms with van der Waals surface area (Å²) in [4.78, 5) is 14.8. The Bertz CT molecular complexity index is 1170. The zero-order valence-corrected chi connectivity index (χ0v) is 21.5. The molecule has 4 rings (SSSR count). The van der Waals surface area contributed by atoms with Crippen molar-refractivity contribution in [3.8, 4) is 0 Å². The van der Waals surface area contributed by atoms with E-state index in [9.17, 15) is 31.4 Å². The Morgan fingerprint density at radius 1 is 0.974 bits per heavy atom. The van der Waals surface area contributed by atoms with Gasteiger partial charge < -0.3 is 15.3 Å². The molecule has 2 aromatic heterocycles. The Morgan fingerprint density at radius 2 is 1.63 bits per heavy atom. The van der Waals surface area contributed by atoms with Gasteiger partial charge in [0, 0.05) is 48.9 Å². The van der Waals surface area contributed by atoms with Crippen molar-refractivity contribution in [2.24, 2.45) is 0 Å². The van der Waals surface area contributed by atoms with Gasteiger partial charge in [-0.05, 0) is 56.8 Å². The van der Waals surface area contributed by atoms with Crippen molar-refractivity contribution < 1.29 is 31.4 Å². The van der Waals surface area contributed by atoms with Crippen LogP contribution in [0.4, 0.5) is 37.8 Å². The molecule has 0 fully saturated rings. The third-order valence-corrected chi connectivity index (χ3v) is 6.55. The van der Waals surface area contributed by atoms with Crippen LogP contribution in [-0.2, 0) is 25.2 Å². The van der Waals surface area contributed by atoms with E-state index in [0.717, 1.165) is 61.6 Å². The van der Waals surface area contributed by atoms with Gasteiger partial charge in [0.05, 0.1) is 22.9 Å². The smallest absolute Gasteiger partial charge is 0.393 e. The summed E-state index contributed by atoms with van der Waals surface area (Å²) in [6.45, 7) is 3.44. The van der Waals surface area contributed by atoms with Crippen LogP contribution in [-0.4, -0.2) is 57.0 Å². The number of alkyl halides is 6. The van der Waals surface area contributed by atoms with Gasteiger partial charge in [-0.3, -0.25) is 4.98 Å². The number of likely N-dealkylation sites (N-methyl/N-ethyl adjacent to an activating group) is 1. The highest BCUT2D eigenvalue weighted by Crippen LogP contribution is 2.32. The van der Waals surface area contributed by atoms with Gasteiger partial charge in [-0.2, -0.15) is 26.3 Å². The summed E-state index contributed by atoms with van der Waals surface area (Å²) in [5.41, 5.74) is 1.08. The molecule has 3 aromatic rings. The Hall–Kier alpha value is -2.90. The highest BCUT2D eigenvalue weighted by atomic mass is 32.2. The standard InChI is InChI=1S/C19H23F3N4OS.C6H4F3N/c1-12(27)11-28-18-24-16-8-10-26(2)9-7-15(16)17(25-18)23-14-5-3-13(4-6-14)19(20,21)22;7-6(8,9)5-2-1-3-10-4-5/h3-6,12,27H,7-11H2,1-2H3,(H,23,24,25);1-4H. The normalized spacial score (nSPS) is 15.1. The summed E-state index contributed by atoms with van der Waals surface area (Å²) >= 11 is 1.36. The number of rotatable bonds is 5. The topological polar surface area (TPSA) is 74.2 Å². The Labute approximate surface area is 220 Å². The van der Waals surface area contributed by atoms with E-state index in [2.05, 4.69) is 25.2 Å². The van der Waals surface area contributed by atoms with Crippen LogP contribution in [0.5, 0.6) is 0 Å². The Morgan fingerprint density at radius 3 is 2.18 bits per heavy atom. The van der Waals surface area contributed by atoms with E-state index in [0.29, 0.717) is 22.4 Å². The van der Waals surface area contributed by atoms with Crippen molar-refractivity contribution >= 4 is 23.3 Å². The van der Waals surface area contributed by atoms with Crippen LogP contribution < -0.4 is 5.32 Å². The summed E-state index contributed by atoms with van der Waals surface area (Å²) < 4.78 is 73.6. The molecule has 1 aromatic carbocycles. The van der Waals surface area contributed by atoms with Crippen molar-refractivity contribution in [3.63, 3.8) is 0 Å². The Balaban J connectivity index is 0.000000336. The Kier molecular flexibility index (Phi) is 9.96. The van der Waals surface area contributed by atoms with Crippen molar-refractivity contribution in [3.05, 3.63) is 71.2 Å². The van der Waals surface area contributed by atoms with Crippen molar-refractivity contribution in [2.45, 2.75) is 43.4 Å². The molecule has 0 aliphatic carbocycles. The molecule has 1 aliphatic rings. The van der Waals surface area contributed by atoms with Crippen LogP contribution in [0.2, 0.25) is 0 Å². The number of aromatic nitrogens is 3. The van der Waals surface area contributed by atoms with Crippen LogP contribution >= 0.6 is 11.8 Å². The molecule has 2 N–H and O–H groups in total. The van der Waals surface area contributed by atoms with Crippen LogP contribution in [0.1, 0.15) is 29.3 Å². The van der Waals surface area contributed by atoms with Gasteiger partial charge in [0.2, 0.25) is 0 Å². The van der Waals surface area contributed by atoms with Gasteiger partial charge in [0.15, 0.2) is 5.16 Å². The summed E-state index contributed by atoms with van der Waals surface area (Å²) in [5.74, 6) is 1.09. The summed E-state index contributed by atoms with van der Waals surface area (Å²) in [6, 6.07) is 7.15. The molecular formula is C25H27F6N5OS. The number of benzene rings is 1. The fourth-order valence-corrected chi connectivity index (χ4v) is 4.18. The number of thioether (sulfide) groups is 1. The maximum absolute atomic E-state index is 12.8. The van der Waals surface area contributed by atoms with Gasteiger partial charge in [-0.1, -0.05) is 11.8 Å². The second kappa shape index (κ2) is 12.8. The minimum absolute atomic E-state index is 0.471. The molecule has 0 saturated carbocycles. The predicted octanol–water partition coefficient (Wildman–Crippen LogP) is 5.84. The maximum Gasteiger partial charge on any atom is 0.417 e. The second-order valence-electron chi connectivity index (χ2n) is 8.68. The van der Waals surface area contributed by atoms with Crippen LogP contribution in [0, 0.1) is 0 Å². The fraction of sp³-hybridized carbons (Fsp3) is 0.400. The first-order valence-corrected chi connectivity index (χ1v) is 12.6. The average Bonchev–Trinajstić information content (AvgIpc) is 3.04. The molecule has 0 bridgehead atoms. The zero-order chi connectivity index (χ0) is 27.9. The van der Waals surface area contributed by atoms with Crippen molar-refractivity contribution in [2.75, 3.05) is 31.2 Å². The molecule has 0 saturated heterocycles. The maximum atomic E-state index is 12.8. The molecular weight excluding hydrogens is 532 g/mol. The lowest BCUT2D eigenvalue weighted by atomic mass is 10.1. The van der Waals surface area contributed by atoms with Crippen molar-refractivity contribution in [1.29, 1.82) is 0 Å². The lowest BCUT2D eigenvalue weighted by molar-refractivity contribution is -0.138. The zero-order valence-electron chi connectivity index (χ0n) is 20.6.